The highest BCUT2D eigenvalue weighted by atomic mass is 35.5. The average Bonchev–Trinajstić information content (AvgIpc) is 2.23. The van der Waals surface area contributed by atoms with Crippen LogP contribution in [0.4, 0.5) is 0 Å². The second-order valence-corrected chi connectivity index (χ2v) is 3.57. The molecule has 0 aliphatic carbocycles. The van der Waals surface area contributed by atoms with Crippen LogP contribution in [-0.2, 0) is 20.8 Å². The SMILES string of the molecule is CONC(C)Cc1ccc(Cl)cc1.O=C=O. The summed E-state index contributed by atoms with van der Waals surface area (Å²) < 4.78 is 0. The first-order chi connectivity index (χ1) is 7.63. The van der Waals surface area contributed by atoms with E-state index in [9.17, 15) is 0 Å². The lowest BCUT2D eigenvalue weighted by molar-refractivity contribution is -0.191. The van der Waals surface area contributed by atoms with Crippen LogP contribution in [0.5, 0.6) is 0 Å². The topological polar surface area (TPSA) is 55.4 Å². The van der Waals surface area contributed by atoms with E-state index < -0.39 is 0 Å². The van der Waals surface area contributed by atoms with Gasteiger partial charge < -0.3 is 4.84 Å². The van der Waals surface area contributed by atoms with Crippen molar-refractivity contribution < 1.29 is 14.4 Å². The molecule has 0 heterocycles. The van der Waals surface area contributed by atoms with Crippen molar-refractivity contribution >= 4 is 17.8 Å². The number of hydroxylamine groups is 1. The first kappa shape index (κ1) is 14.8. The summed E-state index contributed by atoms with van der Waals surface area (Å²) in [5, 5.41) is 0.774. The second kappa shape index (κ2) is 9.07. The fraction of sp³-hybridized carbons (Fsp3) is 0.364. The summed E-state index contributed by atoms with van der Waals surface area (Å²) in [5.41, 5.74) is 4.13. The number of hydrogen-bond donors (Lipinski definition) is 1. The van der Waals surface area contributed by atoms with Crippen molar-refractivity contribution in [1.29, 1.82) is 0 Å². The first-order valence-corrected chi connectivity index (χ1v) is 5.04. The molecule has 0 saturated carbocycles. The van der Waals surface area contributed by atoms with E-state index in [0.29, 0.717) is 6.04 Å². The van der Waals surface area contributed by atoms with Gasteiger partial charge in [0.25, 0.3) is 0 Å². The van der Waals surface area contributed by atoms with E-state index in [1.807, 2.05) is 24.3 Å². The molecule has 0 fully saturated rings. The van der Waals surface area contributed by atoms with Crippen LogP contribution in [0.2, 0.25) is 5.02 Å². The molecule has 0 saturated heterocycles. The van der Waals surface area contributed by atoms with E-state index in [2.05, 4.69) is 12.4 Å². The number of nitrogens with one attached hydrogen (secondary N) is 1. The zero-order valence-electron chi connectivity index (χ0n) is 9.20. The van der Waals surface area contributed by atoms with Crippen LogP contribution in [-0.4, -0.2) is 19.3 Å². The highest BCUT2D eigenvalue weighted by Gasteiger charge is 2.01. The van der Waals surface area contributed by atoms with E-state index in [4.69, 9.17) is 26.0 Å². The van der Waals surface area contributed by atoms with Gasteiger partial charge in [-0.05, 0) is 31.0 Å². The summed E-state index contributed by atoms with van der Waals surface area (Å²) in [6, 6.07) is 8.16. The second-order valence-electron chi connectivity index (χ2n) is 3.14. The third-order valence-electron chi connectivity index (χ3n) is 1.77. The van der Waals surface area contributed by atoms with Crippen LogP contribution < -0.4 is 5.48 Å². The Morgan fingerprint density at radius 2 is 1.88 bits per heavy atom. The van der Waals surface area contributed by atoms with E-state index in [-0.39, 0.29) is 6.15 Å². The molecule has 4 nitrogen and oxygen atoms in total. The largest absolute Gasteiger partial charge is 0.373 e. The van der Waals surface area contributed by atoms with E-state index in [0.717, 1.165) is 11.4 Å². The summed E-state index contributed by atoms with van der Waals surface area (Å²) in [6.07, 6.45) is 1.19. The van der Waals surface area contributed by atoms with Gasteiger partial charge in [0.1, 0.15) is 0 Å². The van der Waals surface area contributed by atoms with Gasteiger partial charge in [-0.3, -0.25) is 0 Å². The molecule has 1 rings (SSSR count). The Kier molecular flexibility index (Phi) is 8.39. The number of carbonyl (C=O) groups excluding carboxylic acids is 2. The quantitative estimate of drug-likeness (QED) is 0.820. The Labute approximate surface area is 99.5 Å². The molecule has 0 amide bonds. The summed E-state index contributed by atoms with van der Waals surface area (Å²) in [7, 11) is 1.62. The van der Waals surface area contributed by atoms with Crippen LogP contribution in [0.1, 0.15) is 12.5 Å². The number of halogens is 1. The lowest BCUT2D eigenvalue weighted by Gasteiger charge is -2.11. The zero-order valence-corrected chi connectivity index (χ0v) is 9.95. The summed E-state index contributed by atoms with van der Waals surface area (Å²) in [4.78, 5) is 21.1. The Balaban J connectivity index is 0.000000673. The number of benzene rings is 1. The maximum atomic E-state index is 8.12. The van der Waals surface area contributed by atoms with E-state index >= 15 is 0 Å². The molecule has 1 unspecified atom stereocenters. The fourth-order valence-corrected chi connectivity index (χ4v) is 1.34. The van der Waals surface area contributed by atoms with Crippen molar-refractivity contribution in [3.8, 4) is 0 Å². The molecule has 1 N–H and O–H groups in total. The standard InChI is InChI=1S/C10H14ClNO.CO2/c1-8(12-13-2)7-9-3-5-10(11)6-4-9;2-1-3/h3-6,8,12H,7H2,1-2H3;. The molecule has 1 aromatic carbocycles. The van der Waals surface area contributed by atoms with Crippen molar-refractivity contribution in [3.05, 3.63) is 34.9 Å². The first-order valence-electron chi connectivity index (χ1n) is 4.66. The molecule has 0 aliphatic heterocycles. The average molecular weight is 244 g/mol. The minimum atomic E-state index is 0.250. The lowest BCUT2D eigenvalue weighted by atomic mass is 10.1. The van der Waals surface area contributed by atoms with Crippen molar-refractivity contribution in [1.82, 2.24) is 5.48 Å². The van der Waals surface area contributed by atoms with Gasteiger partial charge in [0, 0.05) is 11.1 Å². The molecule has 1 aromatic rings. The third kappa shape index (κ3) is 7.15. The molecule has 88 valence electrons. The molecule has 16 heavy (non-hydrogen) atoms. The van der Waals surface area contributed by atoms with E-state index in [1.165, 1.54) is 5.56 Å². The van der Waals surface area contributed by atoms with Crippen LogP contribution >= 0.6 is 11.6 Å². The van der Waals surface area contributed by atoms with E-state index in [1.54, 1.807) is 7.11 Å². The van der Waals surface area contributed by atoms with Crippen LogP contribution in [0.15, 0.2) is 24.3 Å². The molecule has 0 bridgehead atoms. The molecule has 0 radical (unpaired) electrons. The highest BCUT2D eigenvalue weighted by Crippen LogP contribution is 2.10. The molecule has 1 atom stereocenters. The van der Waals surface area contributed by atoms with Gasteiger partial charge >= 0.3 is 6.15 Å². The maximum absolute atomic E-state index is 8.12. The molecule has 0 aromatic heterocycles. The van der Waals surface area contributed by atoms with Crippen molar-refractivity contribution in [3.63, 3.8) is 0 Å². The van der Waals surface area contributed by atoms with Crippen LogP contribution in [0.3, 0.4) is 0 Å². The Hall–Kier alpha value is -1.19. The van der Waals surface area contributed by atoms with Crippen LogP contribution in [0, 0.1) is 0 Å². The summed E-state index contributed by atoms with van der Waals surface area (Å²) in [6.45, 7) is 2.07. The monoisotopic (exact) mass is 243 g/mol. The Bertz CT molecular complexity index is 321. The van der Waals surface area contributed by atoms with Gasteiger partial charge in [0.05, 0.1) is 7.11 Å². The Morgan fingerprint density at radius 3 is 2.31 bits per heavy atom. The minimum absolute atomic E-state index is 0.250. The Morgan fingerprint density at radius 1 is 1.38 bits per heavy atom. The van der Waals surface area contributed by atoms with Gasteiger partial charge in [-0.25, -0.2) is 0 Å². The van der Waals surface area contributed by atoms with Gasteiger partial charge in [0.2, 0.25) is 0 Å². The summed E-state index contributed by atoms with van der Waals surface area (Å²) in [5.74, 6) is 0. The third-order valence-corrected chi connectivity index (χ3v) is 2.03. The molecule has 5 heteroatoms. The number of rotatable bonds is 4. The smallest absolute Gasteiger partial charge is 0.305 e. The fourth-order valence-electron chi connectivity index (χ4n) is 1.22. The van der Waals surface area contributed by atoms with Crippen LogP contribution in [0.25, 0.3) is 0 Å². The molecule has 0 spiro atoms. The van der Waals surface area contributed by atoms with Gasteiger partial charge in [-0.2, -0.15) is 15.1 Å². The predicted molar refractivity (Wildman–Crippen MR) is 59.8 cm³/mol. The number of hydrogen-bond acceptors (Lipinski definition) is 4. The van der Waals surface area contributed by atoms with Crippen molar-refractivity contribution in [2.75, 3.05) is 7.11 Å². The molecular weight excluding hydrogens is 230 g/mol. The normalized spacial score (nSPS) is 10.9. The minimum Gasteiger partial charge on any atom is -0.305 e. The van der Waals surface area contributed by atoms with Crippen molar-refractivity contribution in [2.24, 2.45) is 0 Å². The van der Waals surface area contributed by atoms with Gasteiger partial charge in [0.15, 0.2) is 0 Å². The predicted octanol–water partition coefficient (Wildman–Crippen LogP) is 1.84. The maximum Gasteiger partial charge on any atom is 0.373 e. The lowest BCUT2D eigenvalue weighted by Crippen LogP contribution is -2.26. The highest BCUT2D eigenvalue weighted by molar-refractivity contribution is 6.30. The summed E-state index contributed by atoms with van der Waals surface area (Å²) >= 11 is 5.77. The van der Waals surface area contributed by atoms with Gasteiger partial charge in [-0.1, -0.05) is 23.7 Å². The van der Waals surface area contributed by atoms with Gasteiger partial charge in [-0.15, -0.1) is 0 Å². The molecular formula is C11H14ClNO3. The zero-order chi connectivity index (χ0) is 12.4. The van der Waals surface area contributed by atoms with Crippen molar-refractivity contribution in [2.45, 2.75) is 19.4 Å². The molecule has 0 aliphatic rings.